The van der Waals surface area contributed by atoms with Crippen LogP contribution in [0, 0.1) is 0 Å². The summed E-state index contributed by atoms with van der Waals surface area (Å²) < 4.78 is 6.03. The number of phenols is 1. The highest BCUT2D eigenvalue weighted by Crippen LogP contribution is 2.47. The molecular formula is C26H20N2O2S. The first-order valence-electron chi connectivity index (χ1n) is 10.4. The van der Waals surface area contributed by atoms with Crippen LogP contribution >= 0.6 is 11.8 Å². The molecular weight excluding hydrogens is 404 g/mol. The Morgan fingerprint density at radius 3 is 2.81 bits per heavy atom. The lowest BCUT2D eigenvalue weighted by Gasteiger charge is -2.25. The lowest BCUT2D eigenvalue weighted by atomic mass is 9.88. The van der Waals surface area contributed by atoms with Gasteiger partial charge in [0.15, 0.2) is 0 Å². The predicted octanol–water partition coefficient (Wildman–Crippen LogP) is 6.28. The number of aromatic hydroxyl groups is 1. The normalized spacial score (nSPS) is 19.5. The summed E-state index contributed by atoms with van der Waals surface area (Å²) in [5, 5.41) is 12.4. The molecule has 1 unspecified atom stereocenters. The van der Waals surface area contributed by atoms with Crippen LogP contribution in [0.1, 0.15) is 28.4 Å². The van der Waals surface area contributed by atoms with Gasteiger partial charge in [-0.15, -0.1) is 0 Å². The molecule has 1 N–H and O–H groups in total. The van der Waals surface area contributed by atoms with Crippen LogP contribution in [-0.2, 0) is 6.42 Å². The van der Waals surface area contributed by atoms with E-state index < -0.39 is 0 Å². The molecule has 0 bridgehead atoms. The summed E-state index contributed by atoms with van der Waals surface area (Å²) in [4.78, 5) is 9.53. The first kappa shape index (κ1) is 18.5. The summed E-state index contributed by atoms with van der Waals surface area (Å²) in [6.07, 6.45) is 2.19. The van der Waals surface area contributed by atoms with Crippen molar-refractivity contribution in [3.8, 4) is 17.4 Å². The Morgan fingerprint density at radius 2 is 1.84 bits per heavy atom. The molecule has 1 aliphatic heterocycles. The van der Waals surface area contributed by atoms with Crippen molar-refractivity contribution >= 4 is 27.7 Å². The molecule has 31 heavy (non-hydrogen) atoms. The van der Waals surface area contributed by atoms with E-state index in [4.69, 9.17) is 9.73 Å². The van der Waals surface area contributed by atoms with Gasteiger partial charge in [-0.1, -0.05) is 60.3 Å². The average Bonchev–Trinajstić information content (AvgIpc) is 3.25. The predicted molar refractivity (Wildman–Crippen MR) is 125 cm³/mol. The number of aliphatic imine (C=N–C) groups is 1. The zero-order valence-corrected chi connectivity index (χ0v) is 17.5. The van der Waals surface area contributed by atoms with Crippen molar-refractivity contribution in [3.63, 3.8) is 0 Å². The van der Waals surface area contributed by atoms with Crippen LogP contribution < -0.4 is 4.74 Å². The van der Waals surface area contributed by atoms with Crippen molar-refractivity contribution in [3.05, 3.63) is 95.6 Å². The first-order valence-corrected chi connectivity index (χ1v) is 11.3. The Labute approximate surface area is 184 Å². The topological polar surface area (TPSA) is 54.7 Å². The Bertz CT molecular complexity index is 1330. The van der Waals surface area contributed by atoms with Crippen LogP contribution in [0.3, 0.4) is 0 Å². The van der Waals surface area contributed by atoms with Gasteiger partial charge in [0, 0.05) is 17.0 Å². The van der Waals surface area contributed by atoms with Gasteiger partial charge in [-0.25, -0.2) is 4.98 Å². The molecule has 0 amide bonds. The second-order valence-electron chi connectivity index (χ2n) is 7.91. The van der Waals surface area contributed by atoms with E-state index in [1.54, 1.807) is 12.1 Å². The van der Waals surface area contributed by atoms with Gasteiger partial charge in [-0.3, -0.25) is 4.99 Å². The lowest BCUT2D eigenvalue weighted by Crippen LogP contribution is -2.18. The number of aromatic nitrogens is 1. The van der Waals surface area contributed by atoms with E-state index in [-0.39, 0.29) is 5.75 Å². The van der Waals surface area contributed by atoms with Gasteiger partial charge in [-0.05, 0) is 48.2 Å². The second-order valence-corrected chi connectivity index (χ2v) is 9.04. The van der Waals surface area contributed by atoms with Crippen LogP contribution in [0.2, 0.25) is 0 Å². The zero-order chi connectivity index (χ0) is 20.8. The molecule has 3 aromatic carbocycles. The fourth-order valence-corrected chi connectivity index (χ4v) is 5.81. The van der Waals surface area contributed by atoms with Gasteiger partial charge in [0.05, 0.1) is 16.3 Å². The molecule has 2 heterocycles. The third-order valence-corrected chi connectivity index (χ3v) is 7.31. The number of hydrogen-bond acceptors (Lipinski definition) is 5. The smallest absolute Gasteiger partial charge is 0.219 e. The molecule has 1 aliphatic carbocycles. The molecule has 1 aromatic heterocycles. The molecule has 2 aliphatic rings. The van der Waals surface area contributed by atoms with E-state index in [1.807, 2.05) is 48.2 Å². The molecule has 5 heteroatoms. The van der Waals surface area contributed by atoms with E-state index in [9.17, 15) is 5.11 Å². The highest BCUT2D eigenvalue weighted by atomic mass is 32.2. The van der Waals surface area contributed by atoms with Crippen molar-refractivity contribution in [1.82, 2.24) is 4.98 Å². The summed E-state index contributed by atoms with van der Waals surface area (Å²) in [7, 11) is 0. The largest absolute Gasteiger partial charge is 0.506 e. The molecule has 2 atom stereocenters. The average molecular weight is 425 g/mol. The van der Waals surface area contributed by atoms with Gasteiger partial charge >= 0.3 is 0 Å². The van der Waals surface area contributed by atoms with Crippen LogP contribution in [0.4, 0.5) is 0 Å². The van der Waals surface area contributed by atoms with Crippen LogP contribution in [-0.4, -0.2) is 21.2 Å². The van der Waals surface area contributed by atoms with Crippen molar-refractivity contribution in [2.24, 2.45) is 4.99 Å². The SMILES string of the molecule is Oc1cccc2ccc(Oc3cccc(C4=N[C@H]5CCc6ccccc6C5S4)c3)nc12. The fraction of sp³-hybridized carbons (Fsp3) is 0.154. The van der Waals surface area contributed by atoms with Gasteiger partial charge in [0.25, 0.3) is 0 Å². The Morgan fingerprint density at radius 1 is 0.935 bits per heavy atom. The van der Waals surface area contributed by atoms with E-state index in [1.165, 1.54) is 11.1 Å². The monoisotopic (exact) mass is 424 g/mol. The highest BCUT2D eigenvalue weighted by Gasteiger charge is 2.36. The maximum atomic E-state index is 10.1. The van der Waals surface area contributed by atoms with Crippen molar-refractivity contribution in [2.75, 3.05) is 0 Å². The summed E-state index contributed by atoms with van der Waals surface area (Å²) in [6.45, 7) is 0. The van der Waals surface area contributed by atoms with Crippen molar-refractivity contribution < 1.29 is 9.84 Å². The standard InChI is InChI=1S/C26H20N2O2S/c29-22-10-4-6-17-12-14-23(28-24(17)22)30-19-8-3-7-18(15-19)26-27-21-13-11-16-5-1-2-9-20(16)25(21)31-26/h1-10,12,14-15,21,25,29H,11,13H2/t21-,25?/m0/s1. The fourth-order valence-electron chi connectivity index (χ4n) is 4.40. The zero-order valence-electron chi connectivity index (χ0n) is 16.7. The van der Waals surface area contributed by atoms with E-state index in [0.717, 1.165) is 28.8 Å². The molecule has 4 aromatic rings. The quantitative estimate of drug-likeness (QED) is 0.420. The Kier molecular flexibility index (Phi) is 4.42. The maximum absolute atomic E-state index is 10.1. The van der Waals surface area contributed by atoms with E-state index in [0.29, 0.717) is 28.4 Å². The second kappa shape index (κ2) is 7.43. The number of para-hydroxylation sites is 1. The maximum Gasteiger partial charge on any atom is 0.219 e. The summed E-state index contributed by atoms with van der Waals surface area (Å²) >= 11 is 1.85. The molecule has 4 nitrogen and oxygen atoms in total. The van der Waals surface area contributed by atoms with Crippen LogP contribution in [0.5, 0.6) is 17.4 Å². The number of aryl methyl sites for hydroxylation is 1. The number of hydrogen-bond donors (Lipinski definition) is 1. The summed E-state index contributed by atoms with van der Waals surface area (Å²) in [6, 6.07) is 26.2. The molecule has 6 rings (SSSR count). The third-order valence-electron chi connectivity index (χ3n) is 5.92. The van der Waals surface area contributed by atoms with Crippen LogP contribution in [0.15, 0.2) is 83.9 Å². The molecule has 152 valence electrons. The number of benzene rings is 3. The Hall–Kier alpha value is -3.31. The van der Waals surface area contributed by atoms with E-state index in [2.05, 4.69) is 35.3 Å². The van der Waals surface area contributed by atoms with Gasteiger partial charge < -0.3 is 9.84 Å². The minimum absolute atomic E-state index is 0.149. The molecule has 0 saturated carbocycles. The summed E-state index contributed by atoms with van der Waals surface area (Å²) in [5.74, 6) is 1.31. The highest BCUT2D eigenvalue weighted by molar-refractivity contribution is 8.15. The lowest BCUT2D eigenvalue weighted by molar-refractivity contribution is 0.460. The molecule has 0 saturated heterocycles. The van der Waals surface area contributed by atoms with Gasteiger partial charge in [-0.2, -0.15) is 0 Å². The number of nitrogens with zero attached hydrogens (tertiary/aromatic N) is 2. The van der Waals surface area contributed by atoms with Gasteiger partial charge in [0.1, 0.15) is 17.0 Å². The van der Waals surface area contributed by atoms with E-state index >= 15 is 0 Å². The minimum atomic E-state index is 0.149. The number of phenolic OH excluding ortho intramolecular Hbond substituents is 1. The number of pyridine rings is 1. The van der Waals surface area contributed by atoms with Crippen LogP contribution in [0.25, 0.3) is 10.9 Å². The number of ether oxygens (including phenoxy) is 1. The third kappa shape index (κ3) is 3.35. The van der Waals surface area contributed by atoms with Gasteiger partial charge in [0.2, 0.25) is 5.88 Å². The van der Waals surface area contributed by atoms with Crippen molar-refractivity contribution in [2.45, 2.75) is 24.1 Å². The molecule has 0 radical (unpaired) electrons. The Balaban J connectivity index is 1.27. The molecule has 0 fully saturated rings. The number of rotatable bonds is 3. The number of thioether (sulfide) groups is 1. The minimum Gasteiger partial charge on any atom is -0.506 e. The first-order chi connectivity index (χ1) is 15.2. The summed E-state index contributed by atoms with van der Waals surface area (Å²) in [5.41, 5.74) is 4.48. The molecule has 0 spiro atoms. The number of fused-ring (bicyclic) bond motifs is 4. The van der Waals surface area contributed by atoms with Crippen molar-refractivity contribution in [1.29, 1.82) is 0 Å².